The number of hydrogen-bond acceptors (Lipinski definition) is 3. The van der Waals surface area contributed by atoms with Crippen LogP contribution in [0.2, 0.25) is 0 Å². The van der Waals surface area contributed by atoms with E-state index < -0.39 is 17.6 Å². The van der Waals surface area contributed by atoms with Crippen molar-refractivity contribution in [1.82, 2.24) is 20.3 Å². The maximum atomic E-state index is 13.7. The topological polar surface area (TPSA) is 42.7 Å². The van der Waals surface area contributed by atoms with Gasteiger partial charge in [0.25, 0.3) is 0 Å². The molecule has 1 heterocycles. The molecule has 0 saturated heterocycles. The van der Waals surface area contributed by atoms with Crippen LogP contribution in [0.5, 0.6) is 0 Å². The van der Waals surface area contributed by atoms with Crippen LogP contribution in [0.3, 0.4) is 0 Å². The zero-order valence-corrected chi connectivity index (χ0v) is 9.87. The molecule has 19 heavy (non-hydrogen) atoms. The average molecular weight is 274 g/mol. The predicted octanol–water partition coefficient (Wildman–Crippen LogP) is 2.14. The van der Waals surface area contributed by atoms with E-state index in [1.54, 1.807) is 7.05 Å². The Kier molecular flexibility index (Phi) is 3.52. The maximum absolute atomic E-state index is 13.7. The average Bonchev–Trinajstić information content (AvgIpc) is 2.77. The molecule has 4 nitrogen and oxygen atoms in total. The van der Waals surface area contributed by atoms with E-state index in [1.165, 1.54) is 6.20 Å². The number of nitrogens with one attached hydrogen (secondary N) is 1. The molecule has 1 aromatic heterocycles. The summed E-state index contributed by atoms with van der Waals surface area (Å²) in [6.45, 7) is 0.308. The highest BCUT2D eigenvalue weighted by Gasteiger charge is 2.31. The molecule has 0 saturated carbocycles. The first-order chi connectivity index (χ1) is 8.93. The van der Waals surface area contributed by atoms with Crippen molar-refractivity contribution in [2.45, 2.75) is 12.7 Å². The van der Waals surface area contributed by atoms with Crippen molar-refractivity contribution in [2.24, 2.45) is 0 Å². The van der Waals surface area contributed by atoms with Crippen LogP contribution in [0.1, 0.15) is 11.3 Å². The molecule has 8 heteroatoms. The molecule has 0 aliphatic carbocycles. The number of aromatic nitrogens is 3. The lowest BCUT2D eigenvalue weighted by molar-refractivity contribution is -0.137. The van der Waals surface area contributed by atoms with E-state index in [0.29, 0.717) is 24.4 Å². The summed E-state index contributed by atoms with van der Waals surface area (Å²) in [6.07, 6.45) is -3.18. The molecule has 102 valence electrons. The first-order valence-electron chi connectivity index (χ1n) is 5.35. The van der Waals surface area contributed by atoms with Crippen molar-refractivity contribution >= 4 is 0 Å². The molecule has 1 N–H and O–H groups in total. The van der Waals surface area contributed by atoms with Crippen molar-refractivity contribution in [2.75, 3.05) is 7.05 Å². The zero-order chi connectivity index (χ0) is 14.0. The molecule has 0 aliphatic rings. The van der Waals surface area contributed by atoms with E-state index in [4.69, 9.17) is 0 Å². The summed E-state index contributed by atoms with van der Waals surface area (Å²) in [4.78, 5) is 0. The molecule has 1 aromatic carbocycles. The van der Waals surface area contributed by atoms with Gasteiger partial charge < -0.3 is 5.32 Å². The van der Waals surface area contributed by atoms with E-state index in [-0.39, 0.29) is 5.69 Å². The van der Waals surface area contributed by atoms with Gasteiger partial charge in [0.05, 0.1) is 17.5 Å². The van der Waals surface area contributed by atoms with Gasteiger partial charge in [-0.25, -0.2) is 9.07 Å². The van der Waals surface area contributed by atoms with Crippen LogP contribution in [0, 0.1) is 5.82 Å². The lowest BCUT2D eigenvalue weighted by Gasteiger charge is -2.11. The van der Waals surface area contributed by atoms with Gasteiger partial charge >= 0.3 is 6.18 Å². The molecule has 2 rings (SSSR count). The highest BCUT2D eigenvalue weighted by Crippen LogP contribution is 2.31. The lowest BCUT2D eigenvalue weighted by atomic mass is 10.2. The summed E-state index contributed by atoms with van der Waals surface area (Å²) < 4.78 is 52.5. The normalized spacial score (nSPS) is 11.8. The number of rotatable bonds is 3. The summed E-state index contributed by atoms with van der Waals surface area (Å²) in [5.74, 6) is -0.796. The first kappa shape index (κ1) is 13.5. The third-order valence-corrected chi connectivity index (χ3v) is 2.48. The van der Waals surface area contributed by atoms with E-state index >= 15 is 0 Å². The van der Waals surface area contributed by atoms with Crippen LogP contribution < -0.4 is 5.32 Å². The van der Waals surface area contributed by atoms with E-state index in [9.17, 15) is 17.6 Å². The largest absolute Gasteiger partial charge is 0.416 e. The fraction of sp³-hybridized carbons (Fsp3) is 0.273. The molecule has 0 unspecified atom stereocenters. The quantitative estimate of drug-likeness (QED) is 0.872. The maximum Gasteiger partial charge on any atom is 0.416 e. The van der Waals surface area contributed by atoms with Gasteiger partial charge in [0, 0.05) is 6.54 Å². The molecule has 0 aliphatic heterocycles. The molecule has 2 aromatic rings. The SMILES string of the molecule is CNCc1cnnn1-c1cc(C(F)(F)F)ccc1F. The van der Waals surface area contributed by atoms with Gasteiger partial charge in [-0.2, -0.15) is 13.2 Å². The second-order valence-corrected chi connectivity index (χ2v) is 3.83. The second kappa shape index (κ2) is 4.96. The predicted molar refractivity (Wildman–Crippen MR) is 59.1 cm³/mol. The lowest BCUT2D eigenvalue weighted by Crippen LogP contribution is -2.13. The van der Waals surface area contributed by atoms with E-state index in [2.05, 4.69) is 15.6 Å². The van der Waals surface area contributed by atoms with Gasteiger partial charge in [-0.05, 0) is 25.2 Å². The molecule has 0 bridgehead atoms. The molecule has 0 atom stereocenters. The van der Waals surface area contributed by atoms with Gasteiger partial charge in [-0.3, -0.25) is 0 Å². The molecule has 0 fully saturated rings. The Bertz CT molecular complexity index is 576. The highest BCUT2D eigenvalue weighted by molar-refractivity contribution is 5.38. The summed E-state index contributed by atoms with van der Waals surface area (Å²) in [6, 6.07) is 2.17. The van der Waals surface area contributed by atoms with Gasteiger partial charge in [0.2, 0.25) is 0 Å². The molecule has 0 radical (unpaired) electrons. The smallest absolute Gasteiger partial charge is 0.314 e. The fourth-order valence-electron chi connectivity index (χ4n) is 1.61. The van der Waals surface area contributed by atoms with Gasteiger partial charge in [-0.1, -0.05) is 5.21 Å². The van der Waals surface area contributed by atoms with Gasteiger partial charge in [0.15, 0.2) is 0 Å². The minimum atomic E-state index is -4.54. The zero-order valence-electron chi connectivity index (χ0n) is 9.87. The summed E-state index contributed by atoms with van der Waals surface area (Å²) in [7, 11) is 1.65. The van der Waals surface area contributed by atoms with Crippen LogP contribution >= 0.6 is 0 Å². The molecular formula is C11H10F4N4. The third-order valence-electron chi connectivity index (χ3n) is 2.48. The number of halogens is 4. The number of alkyl halides is 3. The number of nitrogens with zero attached hydrogens (tertiary/aromatic N) is 3. The summed E-state index contributed by atoms with van der Waals surface area (Å²) in [5, 5.41) is 9.98. The van der Waals surface area contributed by atoms with Crippen molar-refractivity contribution in [3.8, 4) is 5.69 Å². The van der Waals surface area contributed by atoms with Crippen molar-refractivity contribution in [1.29, 1.82) is 0 Å². The van der Waals surface area contributed by atoms with Crippen molar-refractivity contribution in [3.05, 3.63) is 41.5 Å². The van der Waals surface area contributed by atoms with E-state index in [0.717, 1.165) is 10.7 Å². The summed E-state index contributed by atoms with van der Waals surface area (Å²) in [5.41, 5.74) is -0.756. The standard InChI is InChI=1S/C11H10F4N4/c1-16-5-8-6-17-18-19(8)10-4-7(11(13,14)15)2-3-9(10)12/h2-4,6,16H,5H2,1H3. The Balaban J connectivity index is 2.52. The third kappa shape index (κ3) is 2.73. The minimum absolute atomic E-state index is 0.280. The van der Waals surface area contributed by atoms with Crippen molar-refractivity contribution < 1.29 is 17.6 Å². The van der Waals surface area contributed by atoms with Crippen LogP contribution in [0.15, 0.2) is 24.4 Å². The van der Waals surface area contributed by atoms with Crippen LogP contribution in [-0.2, 0) is 12.7 Å². The highest BCUT2D eigenvalue weighted by atomic mass is 19.4. The van der Waals surface area contributed by atoms with Crippen molar-refractivity contribution in [3.63, 3.8) is 0 Å². The Morgan fingerprint density at radius 3 is 2.68 bits per heavy atom. The van der Waals surface area contributed by atoms with E-state index in [1.807, 2.05) is 0 Å². The monoisotopic (exact) mass is 274 g/mol. The minimum Gasteiger partial charge on any atom is -0.314 e. The molecule has 0 spiro atoms. The Hall–Kier alpha value is -1.96. The van der Waals surface area contributed by atoms with Gasteiger partial charge in [-0.15, -0.1) is 5.10 Å². The van der Waals surface area contributed by atoms with Crippen LogP contribution in [-0.4, -0.2) is 22.0 Å². The molecular weight excluding hydrogens is 264 g/mol. The Labute approximate surface area is 106 Å². The van der Waals surface area contributed by atoms with Crippen LogP contribution in [0.25, 0.3) is 5.69 Å². The van der Waals surface area contributed by atoms with Gasteiger partial charge in [0.1, 0.15) is 11.5 Å². The Morgan fingerprint density at radius 2 is 2.05 bits per heavy atom. The Morgan fingerprint density at radius 1 is 1.32 bits per heavy atom. The summed E-state index contributed by atoms with van der Waals surface area (Å²) >= 11 is 0. The fourth-order valence-corrected chi connectivity index (χ4v) is 1.61. The van der Waals surface area contributed by atoms with Crippen LogP contribution in [0.4, 0.5) is 17.6 Å². The molecule has 0 amide bonds. The number of hydrogen-bond donors (Lipinski definition) is 1. The number of benzene rings is 1. The first-order valence-corrected chi connectivity index (χ1v) is 5.35. The second-order valence-electron chi connectivity index (χ2n) is 3.83.